The van der Waals surface area contributed by atoms with Gasteiger partial charge in [0.25, 0.3) is 0 Å². The predicted octanol–water partition coefficient (Wildman–Crippen LogP) is 1.57. The Balaban J connectivity index is 2.80. The van der Waals surface area contributed by atoms with Crippen LogP contribution in [0.2, 0.25) is 0 Å². The molecule has 0 radical (unpaired) electrons. The summed E-state index contributed by atoms with van der Waals surface area (Å²) in [6, 6.07) is 6.59. The zero-order valence-corrected chi connectivity index (χ0v) is 11.8. The molecule has 0 aromatic rings. The molecule has 0 heterocycles. The van der Waals surface area contributed by atoms with Crippen LogP contribution in [0.3, 0.4) is 0 Å². The lowest BCUT2D eigenvalue weighted by Crippen LogP contribution is -2.31. The van der Waals surface area contributed by atoms with Crippen molar-refractivity contribution < 1.29 is 9.59 Å². The van der Waals surface area contributed by atoms with Gasteiger partial charge in [-0.15, -0.1) is 0 Å². The number of hydrogen-bond donors (Lipinski definition) is 0. The van der Waals surface area contributed by atoms with Gasteiger partial charge in [0, 0.05) is 11.5 Å². The molecule has 6 nitrogen and oxygen atoms in total. The molecule has 6 heteroatoms. The van der Waals surface area contributed by atoms with E-state index in [-0.39, 0.29) is 16.7 Å². The first kappa shape index (κ1) is 15.6. The standard InChI is InChI=1S/C17H8N4O2/c18-7-11(8-19)5-17(6-12(9-20)10-21)14-4-2-1-3-13(14)15(22)16(17)23/h1-3,5-6,14H,4H2. The van der Waals surface area contributed by atoms with E-state index in [1.54, 1.807) is 36.4 Å². The highest BCUT2D eigenvalue weighted by Gasteiger charge is 2.55. The molecule has 2 aliphatic rings. The number of carbonyl (C=O) groups excluding carboxylic acids is 2. The van der Waals surface area contributed by atoms with E-state index in [0.29, 0.717) is 6.42 Å². The molecule has 1 atom stereocenters. The average molecular weight is 300 g/mol. The zero-order chi connectivity index (χ0) is 17.0. The summed E-state index contributed by atoms with van der Waals surface area (Å²) >= 11 is 0. The van der Waals surface area contributed by atoms with E-state index in [0.717, 1.165) is 12.2 Å². The summed E-state index contributed by atoms with van der Waals surface area (Å²) in [5, 5.41) is 35.9. The molecule has 0 aromatic heterocycles. The van der Waals surface area contributed by atoms with Crippen molar-refractivity contribution in [1.82, 2.24) is 0 Å². The lowest BCUT2D eigenvalue weighted by atomic mass is 9.71. The maximum Gasteiger partial charge on any atom is 0.226 e. The van der Waals surface area contributed by atoms with Gasteiger partial charge in [0.15, 0.2) is 0 Å². The van der Waals surface area contributed by atoms with Crippen LogP contribution >= 0.6 is 0 Å². The molecule has 108 valence electrons. The molecule has 1 unspecified atom stereocenters. The normalized spacial score (nSPS) is 20.0. The molecule has 1 saturated carbocycles. The fourth-order valence-corrected chi connectivity index (χ4v) is 2.83. The smallest absolute Gasteiger partial charge is 0.226 e. The largest absolute Gasteiger partial charge is 0.289 e. The van der Waals surface area contributed by atoms with Gasteiger partial charge >= 0.3 is 0 Å². The first-order chi connectivity index (χ1) is 11.0. The number of rotatable bonds is 2. The van der Waals surface area contributed by atoms with E-state index in [2.05, 4.69) is 0 Å². The van der Waals surface area contributed by atoms with Gasteiger partial charge in [-0.25, -0.2) is 0 Å². The Bertz CT molecular complexity index is 815. The van der Waals surface area contributed by atoms with Gasteiger partial charge in [-0.3, -0.25) is 9.59 Å². The minimum Gasteiger partial charge on any atom is -0.289 e. The van der Waals surface area contributed by atoms with Gasteiger partial charge in [0.1, 0.15) is 35.4 Å². The summed E-state index contributed by atoms with van der Waals surface area (Å²) in [6.07, 6.45) is 7.40. The van der Waals surface area contributed by atoms with Gasteiger partial charge in [-0.2, -0.15) is 21.0 Å². The summed E-state index contributed by atoms with van der Waals surface area (Å²) in [6.45, 7) is 0. The van der Waals surface area contributed by atoms with Crippen LogP contribution in [0.25, 0.3) is 0 Å². The van der Waals surface area contributed by atoms with Crippen molar-refractivity contribution in [1.29, 1.82) is 21.0 Å². The molecule has 0 N–H and O–H groups in total. The summed E-state index contributed by atoms with van der Waals surface area (Å²) in [5.74, 6) is -2.21. The SMILES string of the molecule is N#CC(C#N)=CC1(C=C(C#N)C#N)C(=O)C(=O)C2=CC=CCC21. The Morgan fingerprint density at radius 2 is 1.57 bits per heavy atom. The van der Waals surface area contributed by atoms with E-state index < -0.39 is 22.9 Å². The van der Waals surface area contributed by atoms with Gasteiger partial charge in [0.05, 0.1) is 5.41 Å². The zero-order valence-electron chi connectivity index (χ0n) is 11.8. The quantitative estimate of drug-likeness (QED) is 0.562. The molecule has 2 aliphatic carbocycles. The molecule has 0 bridgehead atoms. The van der Waals surface area contributed by atoms with E-state index >= 15 is 0 Å². The van der Waals surface area contributed by atoms with Gasteiger partial charge in [-0.05, 0) is 18.6 Å². The highest BCUT2D eigenvalue weighted by atomic mass is 16.2. The Morgan fingerprint density at radius 1 is 1.04 bits per heavy atom. The van der Waals surface area contributed by atoms with E-state index in [9.17, 15) is 9.59 Å². The summed E-state index contributed by atoms with van der Waals surface area (Å²) in [4.78, 5) is 24.8. The molecular weight excluding hydrogens is 292 g/mol. The fourth-order valence-electron chi connectivity index (χ4n) is 2.83. The molecule has 0 aromatic carbocycles. The molecule has 0 spiro atoms. The minimum atomic E-state index is -1.66. The van der Waals surface area contributed by atoms with Crippen molar-refractivity contribution in [3.63, 3.8) is 0 Å². The van der Waals surface area contributed by atoms with Crippen molar-refractivity contribution >= 4 is 11.6 Å². The maximum absolute atomic E-state index is 12.6. The molecule has 2 rings (SSSR count). The lowest BCUT2D eigenvalue weighted by Gasteiger charge is -2.27. The second-order valence-electron chi connectivity index (χ2n) is 4.99. The van der Waals surface area contributed by atoms with E-state index in [1.165, 1.54) is 6.08 Å². The summed E-state index contributed by atoms with van der Waals surface area (Å²) in [7, 11) is 0. The average Bonchev–Trinajstić information content (AvgIpc) is 2.80. The second-order valence-corrected chi connectivity index (χ2v) is 4.99. The third kappa shape index (κ3) is 2.36. The lowest BCUT2D eigenvalue weighted by molar-refractivity contribution is -0.135. The second kappa shape index (κ2) is 5.94. The number of allylic oxidation sites excluding steroid dienone is 8. The molecule has 0 amide bonds. The van der Waals surface area contributed by atoms with Crippen LogP contribution in [0, 0.1) is 56.7 Å². The Morgan fingerprint density at radius 3 is 2.04 bits per heavy atom. The molecular formula is C17H8N4O2. The number of nitriles is 4. The number of Topliss-reactive ketones (excluding diaryl/α,β-unsaturated/α-hetero) is 2. The van der Waals surface area contributed by atoms with Crippen molar-refractivity contribution in [3.05, 3.63) is 47.1 Å². The highest BCUT2D eigenvalue weighted by molar-refractivity contribution is 6.49. The number of hydrogen-bond acceptors (Lipinski definition) is 6. The predicted molar refractivity (Wildman–Crippen MR) is 76.4 cm³/mol. The van der Waals surface area contributed by atoms with Crippen molar-refractivity contribution in [2.24, 2.45) is 11.3 Å². The van der Waals surface area contributed by atoms with Crippen molar-refractivity contribution in [3.8, 4) is 24.3 Å². The van der Waals surface area contributed by atoms with Crippen LogP contribution in [0.4, 0.5) is 0 Å². The Hall–Kier alpha value is -3.74. The van der Waals surface area contributed by atoms with Crippen LogP contribution in [0.5, 0.6) is 0 Å². The van der Waals surface area contributed by atoms with Crippen LogP contribution in [-0.4, -0.2) is 11.6 Å². The molecule has 1 fully saturated rings. The molecule has 23 heavy (non-hydrogen) atoms. The maximum atomic E-state index is 12.6. The Labute approximate surface area is 132 Å². The third-order valence-corrected chi connectivity index (χ3v) is 3.85. The minimum absolute atomic E-state index is 0.260. The monoisotopic (exact) mass is 300 g/mol. The highest BCUT2D eigenvalue weighted by Crippen LogP contribution is 2.49. The topological polar surface area (TPSA) is 129 Å². The number of nitrogens with zero attached hydrogens (tertiary/aromatic N) is 4. The van der Waals surface area contributed by atoms with Crippen LogP contribution < -0.4 is 0 Å². The Kier molecular flexibility index (Phi) is 4.04. The molecule has 0 saturated heterocycles. The van der Waals surface area contributed by atoms with E-state index in [1.807, 2.05) is 0 Å². The van der Waals surface area contributed by atoms with Crippen LogP contribution in [-0.2, 0) is 9.59 Å². The van der Waals surface area contributed by atoms with Crippen LogP contribution in [0.1, 0.15) is 6.42 Å². The van der Waals surface area contributed by atoms with Gasteiger partial charge < -0.3 is 0 Å². The van der Waals surface area contributed by atoms with Gasteiger partial charge in [-0.1, -0.05) is 18.2 Å². The third-order valence-electron chi connectivity index (χ3n) is 3.85. The van der Waals surface area contributed by atoms with Crippen LogP contribution in [0.15, 0.2) is 47.1 Å². The summed E-state index contributed by atoms with van der Waals surface area (Å²) < 4.78 is 0. The first-order valence-corrected chi connectivity index (χ1v) is 6.56. The molecule has 0 aliphatic heterocycles. The fraction of sp³-hybridized carbons (Fsp3) is 0.176. The van der Waals surface area contributed by atoms with E-state index in [4.69, 9.17) is 21.0 Å². The summed E-state index contributed by atoms with van der Waals surface area (Å²) in [5.41, 5.74) is -2.10. The number of ketones is 2. The van der Waals surface area contributed by atoms with Gasteiger partial charge in [0.2, 0.25) is 11.6 Å². The first-order valence-electron chi connectivity index (χ1n) is 6.56. The number of fused-ring (bicyclic) bond motifs is 1. The van der Waals surface area contributed by atoms with Crippen molar-refractivity contribution in [2.75, 3.05) is 0 Å². The van der Waals surface area contributed by atoms with Crippen molar-refractivity contribution in [2.45, 2.75) is 6.42 Å². The number of carbonyl (C=O) groups is 2.